The minimum Gasteiger partial charge on any atom is -0.483 e. The Morgan fingerprint density at radius 1 is 1.43 bits per heavy atom. The Hall–Kier alpha value is -1.41. The van der Waals surface area contributed by atoms with Crippen LogP contribution in [-0.4, -0.2) is 18.7 Å². The van der Waals surface area contributed by atoms with Crippen molar-refractivity contribution in [1.82, 2.24) is 5.43 Å². The van der Waals surface area contributed by atoms with E-state index in [0.29, 0.717) is 0 Å². The number of hydrogen-bond donors (Lipinski definition) is 1. The van der Waals surface area contributed by atoms with Gasteiger partial charge in [-0.2, -0.15) is 5.10 Å². The van der Waals surface area contributed by atoms with Crippen LogP contribution >= 0.6 is 33.9 Å². The molecule has 0 saturated heterocycles. The van der Waals surface area contributed by atoms with Crippen molar-refractivity contribution in [3.05, 3.63) is 49.2 Å². The Morgan fingerprint density at radius 3 is 2.76 bits per heavy atom. The van der Waals surface area contributed by atoms with Gasteiger partial charge in [0.25, 0.3) is 5.91 Å². The number of carbonyl (C=O) groups is 1. The maximum Gasteiger partial charge on any atom is 0.277 e. The predicted molar refractivity (Wildman–Crippen MR) is 94.2 cm³/mol. The second-order valence-electron chi connectivity index (χ2n) is 4.47. The molecule has 0 aliphatic rings. The minimum atomic E-state index is -0.278. The van der Waals surface area contributed by atoms with Gasteiger partial charge >= 0.3 is 0 Å². The number of hydrazone groups is 1. The van der Waals surface area contributed by atoms with E-state index in [1.54, 1.807) is 17.6 Å². The fourth-order valence-electron chi connectivity index (χ4n) is 1.83. The molecular formula is C15H15IN2O2S. The Labute approximate surface area is 141 Å². The van der Waals surface area contributed by atoms with Crippen molar-refractivity contribution in [2.75, 3.05) is 6.61 Å². The molecule has 0 radical (unpaired) electrons. The smallest absolute Gasteiger partial charge is 0.277 e. The standard InChI is InChI=1S/C15H15IN2O2S/c1-10-6-12(16)7-11(2)15(10)20-9-14(19)18-17-8-13-4-3-5-21-13/h3-8H,9H2,1-2H3,(H,18,19)/b17-8-. The lowest BCUT2D eigenvalue weighted by Crippen LogP contribution is -2.25. The summed E-state index contributed by atoms with van der Waals surface area (Å²) in [4.78, 5) is 12.7. The molecule has 1 aromatic carbocycles. The number of amides is 1. The van der Waals surface area contributed by atoms with E-state index in [1.807, 2.05) is 43.5 Å². The van der Waals surface area contributed by atoms with Crippen LogP contribution < -0.4 is 10.2 Å². The zero-order valence-corrected chi connectivity index (χ0v) is 14.7. The molecule has 0 spiro atoms. The largest absolute Gasteiger partial charge is 0.483 e. The van der Waals surface area contributed by atoms with Crippen LogP contribution in [0.1, 0.15) is 16.0 Å². The number of aryl methyl sites for hydroxylation is 2. The van der Waals surface area contributed by atoms with Crippen LogP contribution in [0.3, 0.4) is 0 Å². The first-order valence-corrected chi connectivity index (χ1v) is 8.27. The number of hydrogen-bond acceptors (Lipinski definition) is 4. The number of benzene rings is 1. The molecule has 110 valence electrons. The summed E-state index contributed by atoms with van der Waals surface area (Å²) in [5, 5.41) is 5.84. The van der Waals surface area contributed by atoms with Crippen LogP contribution in [-0.2, 0) is 4.79 Å². The topological polar surface area (TPSA) is 50.7 Å². The lowest BCUT2D eigenvalue weighted by atomic mass is 10.1. The summed E-state index contributed by atoms with van der Waals surface area (Å²) in [7, 11) is 0. The highest BCUT2D eigenvalue weighted by Crippen LogP contribution is 2.25. The highest BCUT2D eigenvalue weighted by molar-refractivity contribution is 14.1. The summed E-state index contributed by atoms with van der Waals surface area (Å²) in [6.07, 6.45) is 1.62. The van der Waals surface area contributed by atoms with Gasteiger partial charge in [-0.15, -0.1) is 11.3 Å². The van der Waals surface area contributed by atoms with Crippen LogP contribution in [0.5, 0.6) is 5.75 Å². The van der Waals surface area contributed by atoms with Crippen molar-refractivity contribution in [3.8, 4) is 5.75 Å². The molecule has 0 saturated carbocycles. The number of rotatable bonds is 5. The third kappa shape index (κ3) is 4.82. The van der Waals surface area contributed by atoms with Crippen molar-refractivity contribution >= 4 is 46.0 Å². The van der Waals surface area contributed by atoms with Gasteiger partial charge in [0.1, 0.15) is 5.75 Å². The number of halogens is 1. The summed E-state index contributed by atoms with van der Waals surface area (Å²) in [5.41, 5.74) is 4.50. The van der Waals surface area contributed by atoms with E-state index >= 15 is 0 Å². The van der Waals surface area contributed by atoms with Crippen LogP contribution in [0.15, 0.2) is 34.7 Å². The first-order valence-electron chi connectivity index (χ1n) is 6.31. The molecule has 2 rings (SSSR count). The molecular weight excluding hydrogens is 399 g/mol. The van der Waals surface area contributed by atoms with Crippen molar-refractivity contribution in [2.24, 2.45) is 5.10 Å². The van der Waals surface area contributed by atoms with Crippen molar-refractivity contribution in [1.29, 1.82) is 0 Å². The minimum absolute atomic E-state index is 0.0515. The van der Waals surface area contributed by atoms with Crippen LogP contribution in [0.4, 0.5) is 0 Å². The zero-order chi connectivity index (χ0) is 15.2. The zero-order valence-electron chi connectivity index (χ0n) is 11.7. The van der Waals surface area contributed by atoms with Gasteiger partial charge in [-0.05, 0) is 71.1 Å². The molecule has 1 amide bonds. The van der Waals surface area contributed by atoms with Gasteiger partial charge in [0, 0.05) is 8.45 Å². The predicted octanol–water partition coefficient (Wildman–Crippen LogP) is 3.50. The quantitative estimate of drug-likeness (QED) is 0.463. The van der Waals surface area contributed by atoms with E-state index in [2.05, 4.69) is 33.1 Å². The Bertz CT molecular complexity index is 631. The highest BCUT2D eigenvalue weighted by Gasteiger charge is 2.08. The number of nitrogens with zero attached hydrogens (tertiary/aromatic N) is 1. The molecule has 4 nitrogen and oxygen atoms in total. The summed E-state index contributed by atoms with van der Waals surface area (Å²) in [6.45, 7) is 3.89. The lowest BCUT2D eigenvalue weighted by molar-refractivity contribution is -0.123. The fraction of sp³-hybridized carbons (Fsp3) is 0.200. The monoisotopic (exact) mass is 414 g/mol. The molecule has 0 fully saturated rings. The van der Waals surface area contributed by atoms with Gasteiger partial charge in [0.15, 0.2) is 6.61 Å². The molecule has 1 aromatic heterocycles. The third-order valence-electron chi connectivity index (χ3n) is 2.70. The molecule has 0 aliphatic heterocycles. The van der Waals surface area contributed by atoms with Crippen molar-refractivity contribution in [2.45, 2.75) is 13.8 Å². The van der Waals surface area contributed by atoms with E-state index in [1.165, 1.54) is 0 Å². The Balaban J connectivity index is 1.87. The molecule has 0 aliphatic carbocycles. The second kappa shape index (κ2) is 7.56. The van der Waals surface area contributed by atoms with E-state index in [-0.39, 0.29) is 12.5 Å². The SMILES string of the molecule is Cc1cc(I)cc(C)c1OCC(=O)N/N=C\c1cccs1. The summed E-state index contributed by atoms with van der Waals surface area (Å²) in [5.74, 6) is 0.480. The molecule has 0 atom stereocenters. The third-order valence-corrected chi connectivity index (χ3v) is 4.13. The van der Waals surface area contributed by atoms with E-state index in [0.717, 1.165) is 25.3 Å². The van der Waals surface area contributed by atoms with Gasteiger partial charge in [0.2, 0.25) is 0 Å². The van der Waals surface area contributed by atoms with Crippen molar-refractivity contribution < 1.29 is 9.53 Å². The van der Waals surface area contributed by atoms with Crippen molar-refractivity contribution in [3.63, 3.8) is 0 Å². The molecule has 6 heteroatoms. The van der Waals surface area contributed by atoms with E-state index in [4.69, 9.17) is 4.74 Å². The number of nitrogens with one attached hydrogen (secondary N) is 1. The van der Waals surface area contributed by atoms with Crippen LogP contribution in [0.2, 0.25) is 0 Å². The summed E-state index contributed by atoms with van der Waals surface area (Å²) in [6, 6.07) is 7.90. The Morgan fingerprint density at radius 2 is 2.14 bits per heavy atom. The second-order valence-corrected chi connectivity index (χ2v) is 6.69. The van der Waals surface area contributed by atoms with Crippen LogP contribution in [0.25, 0.3) is 0 Å². The average molecular weight is 414 g/mol. The molecule has 0 bridgehead atoms. The van der Waals surface area contributed by atoms with Gasteiger partial charge in [-0.25, -0.2) is 5.43 Å². The van der Waals surface area contributed by atoms with Crippen LogP contribution in [0, 0.1) is 17.4 Å². The number of ether oxygens (including phenoxy) is 1. The molecule has 0 unspecified atom stereocenters. The highest BCUT2D eigenvalue weighted by atomic mass is 127. The van der Waals surface area contributed by atoms with Gasteiger partial charge in [0.05, 0.1) is 6.21 Å². The van der Waals surface area contributed by atoms with E-state index < -0.39 is 0 Å². The summed E-state index contributed by atoms with van der Waals surface area (Å²) >= 11 is 3.82. The average Bonchev–Trinajstić information content (AvgIpc) is 2.90. The van der Waals surface area contributed by atoms with Gasteiger partial charge < -0.3 is 4.74 Å². The first kappa shape index (κ1) is 16.0. The summed E-state index contributed by atoms with van der Waals surface area (Å²) < 4.78 is 6.74. The lowest BCUT2D eigenvalue weighted by Gasteiger charge is -2.11. The number of carbonyl (C=O) groups excluding carboxylic acids is 1. The van der Waals surface area contributed by atoms with Gasteiger partial charge in [-0.3, -0.25) is 4.79 Å². The molecule has 1 N–H and O–H groups in total. The molecule has 21 heavy (non-hydrogen) atoms. The molecule has 2 aromatic rings. The first-order chi connectivity index (χ1) is 10.1. The van der Waals surface area contributed by atoms with Gasteiger partial charge in [-0.1, -0.05) is 6.07 Å². The maximum atomic E-state index is 11.7. The normalized spacial score (nSPS) is 10.8. The maximum absolute atomic E-state index is 11.7. The molecule has 1 heterocycles. The Kier molecular flexibility index (Phi) is 5.75. The van der Waals surface area contributed by atoms with E-state index in [9.17, 15) is 4.79 Å². The number of thiophene rings is 1. The fourth-order valence-corrected chi connectivity index (χ4v) is 3.35.